The number of rotatable bonds is 7. The molecule has 1 fully saturated rings. The van der Waals surface area contributed by atoms with Crippen LogP contribution in [0.4, 0.5) is 4.39 Å². The van der Waals surface area contributed by atoms with E-state index in [4.69, 9.17) is 4.74 Å². The van der Waals surface area contributed by atoms with Crippen molar-refractivity contribution in [3.8, 4) is 0 Å². The van der Waals surface area contributed by atoms with Crippen LogP contribution in [0.5, 0.6) is 0 Å². The van der Waals surface area contributed by atoms with Crippen LogP contribution in [0.1, 0.15) is 29.8 Å². The Morgan fingerprint density at radius 2 is 2.15 bits per heavy atom. The normalized spacial score (nSPS) is 16.8. The number of nitrogens with zero attached hydrogens (tertiary/aromatic N) is 2. The van der Waals surface area contributed by atoms with Crippen molar-refractivity contribution in [2.75, 3.05) is 12.4 Å². The van der Waals surface area contributed by atoms with E-state index in [1.165, 1.54) is 23.9 Å². The van der Waals surface area contributed by atoms with Crippen LogP contribution in [-0.4, -0.2) is 33.9 Å². The first kappa shape index (κ1) is 18.9. The van der Waals surface area contributed by atoms with Crippen molar-refractivity contribution in [1.29, 1.82) is 0 Å². The Bertz CT molecular complexity index is 755. The first-order valence-corrected chi connectivity index (χ1v) is 9.81. The Balaban J connectivity index is 1.54. The quantitative estimate of drug-likeness (QED) is 0.753. The summed E-state index contributed by atoms with van der Waals surface area (Å²) in [6.45, 7) is 6.04. The molecule has 5 nitrogen and oxygen atoms in total. The molecular weight excluding hydrogens is 353 g/mol. The summed E-state index contributed by atoms with van der Waals surface area (Å²) in [5.41, 5.74) is 2.98. The molecule has 2 aromatic rings. The highest BCUT2D eigenvalue weighted by molar-refractivity contribution is 7.99. The summed E-state index contributed by atoms with van der Waals surface area (Å²) in [6.07, 6.45) is 2.40. The average Bonchev–Trinajstić information content (AvgIpc) is 3.23. The lowest BCUT2D eigenvalue weighted by Gasteiger charge is -2.14. The van der Waals surface area contributed by atoms with Crippen molar-refractivity contribution < 1.29 is 13.9 Å². The zero-order valence-corrected chi connectivity index (χ0v) is 15.9. The Morgan fingerprint density at radius 3 is 2.85 bits per heavy atom. The molecule has 0 bridgehead atoms. The molecule has 3 rings (SSSR count). The van der Waals surface area contributed by atoms with Gasteiger partial charge in [-0.15, -0.1) is 0 Å². The maximum atomic E-state index is 12.9. The Hall–Kier alpha value is -1.86. The smallest absolute Gasteiger partial charge is 0.230 e. The number of carbonyl (C=O) groups is 1. The molecule has 0 radical (unpaired) electrons. The van der Waals surface area contributed by atoms with Crippen molar-refractivity contribution in [3.63, 3.8) is 0 Å². The molecule has 1 aromatic carbocycles. The largest absolute Gasteiger partial charge is 0.376 e. The molecule has 0 saturated carbocycles. The second-order valence-electron chi connectivity index (χ2n) is 6.50. The fraction of sp³-hybridized carbons (Fsp3) is 0.474. The summed E-state index contributed by atoms with van der Waals surface area (Å²) in [5.74, 6) is -0.0523. The van der Waals surface area contributed by atoms with Crippen molar-refractivity contribution >= 4 is 17.7 Å². The molecular formula is C19H24FN3O2S. The van der Waals surface area contributed by atoms with Crippen molar-refractivity contribution in [2.24, 2.45) is 0 Å². The molecule has 1 unspecified atom stereocenters. The summed E-state index contributed by atoms with van der Waals surface area (Å²) in [6, 6.07) is 6.13. The van der Waals surface area contributed by atoms with Crippen LogP contribution in [0.15, 0.2) is 29.4 Å². The van der Waals surface area contributed by atoms with Crippen LogP contribution >= 0.6 is 11.8 Å². The summed E-state index contributed by atoms with van der Waals surface area (Å²) in [5, 5.41) is 3.71. The summed E-state index contributed by atoms with van der Waals surface area (Å²) < 4.78 is 20.8. The van der Waals surface area contributed by atoms with Gasteiger partial charge in [0.25, 0.3) is 0 Å². The molecule has 1 amide bonds. The molecule has 1 aliphatic heterocycles. The lowest BCUT2D eigenvalue weighted by Crippen LogP contribution is -2.25. The van der Waals surface area contributed by atoms with Crippen LogP contribution in [0, 0.1) is 19.7 Å². The van der Waals surface area contributed by atoms with Gasteiger partial charge in [-0.25, -0.2) is 9.37 Å². The SMILES string of the molecule is Cc1nc(SCC(=O)NCc2ccc(F)cc2)n(CC2CCCO2)c1C. The number of amides is 1. The number of aromatic nitrogens is 2. The minimum atomic E-state index is -0.278. The van der Waals surface area contributed by atoms with E-state index >= 15 is 0 Å². The van der Waals surface area contributed by atoms with Gasteiger partial charge in [0.05, 0.1) is 24.1 Å². The lowest BCUT2D eigenvalue weighted by molar-refractivity contribution is -0.118. The van der Waals surface area contributed by atoms with Crippen molar-refractivity contribution in [3.05, 3.63) is 47.0 Å². The van der Waals surface area contributed by atoms with Crippen LogP contribution in [-0.2, 0) is 22.6 Å². The monoisotopic (exact) mass is 377 g/mol. The maximum absolute atomic E-state index is 12.9. The van der Waals surface area contributed by atoms with Crippen LogP contribution in [0.25, 0.3) is 0 Å². The Kier molecular flexibility index (Phi) is 6.32. The molecule has 0 spiro atoms. The number of carbonyl (C=O) groups excluding carboxylic acids is 1. The Morgan fingerprint density at radius 1 is 1.38 bits per heavy atom. The second-order valence-corrected chi connectivity index (χ2v) is 7.45. The topological polar surface area (TPSA) is 56.2 Å². The van der Waals surface area contributed by atoms with E-state index in [0.29, 0.717) is 12.3 Å². The van der Waals surface area contributed by atoms with E-state index < -0.39 is 0 Å². The van der Waals surface area contributed by atoms with E-state index in [9.17, 15) is 9.18 Å². The van der Waals surface area contributed by atoms with Gasteiger partial charge in [-0.2, -0.15) is 0 Å². The predicted octanol–water partition coefficient (Wildman–Crippen LogP) is 3.23. The van der Waals surface area contributed by atoms with Crippen molar-refractivity contribution in [2.45, 2.75) is 51.0 Å². The molecule has 0 aliphatic carbocycles. The third kappa shape index (κ3) is 4.86. The van der Waals surface area contributed by atoms with Gasteiger partial charge in [0, 0.05) is 18.8 Å². The number of hydrogen-bond donors (Lipinski definition) is 1. The van der Waals surface area contributed by atoms with Gasteiger partial charge in [0.15, 0.2) is 5.16 Å². The van der Waals surface area contributed by atoms with Crippen molar-refractivity contribution in [1.82, 2.24) is 14.9 Å². The predicted molar refractivity (Wildman–Crippen MR) is 99.6 cm³/mol. The molecule has 1 aromatic heterocycles. The molecule has 1 saturated heterocycles. The molecule has 7 heteroatoms. The fourth-order valence-corrected chi connectivity index (χ4v) is 3.86. The standard InChI is InChI=1S/C19H24FN3O2S/c1-13-14(2)23(11-17-4-3-9-25-17)19(22-13)26-12-18(24)21-10-15-5-7-16(20)8-6-15/h5-8,17H,3-4,9-12H2,1-2H3,(H,21,24). The zero-order chi connectivity index (χ0) is 18.5. The highest BCUT2D eigenvalue weighted by atomic mass is 32.2. The van der Waals surface area contributed by atoms with E-state index in [2.05, 4.69) is 21.8 Å². The third-order valence-electron chi connectivity index (χ3n) is 4.57. The van der Waals surface area contributed by atoms with Crippen LogP contribution < -0.4 is 5.32 Å². The number of nitrogens with one attached hydrogen (secondary N) is 1. The number of hydrogen-bond acceptors (Lipinski definition) is 4. The first-order chi connectivity index (χ1) is 12.5. The molecule has 140 valence electrons. The van der Waals surface area contributed by atoms with Crippen LogP contribution in [0.2, 0.25) is 0 Å². The first-order valence-electron chi connectivity index (χ1n) is 8.82. The highest BCUT2D eigenvalue weighted by Gasteiger charge is 2.20. The molecule has 2 heterocycles. The molecule has 26 heavy (non-hydrogen) atoms. The molecule has 1 N–H and O–H groups in total. The van der Waals surface area contributed by atoms with E-state index in [1.807, 2.05) is 6.92 Å². The summed E-state index contributed by atoms with van der Waals surface area (Å²) in [7, 11) is 0. The minimum absolute atomic E-state index is 0.0682. The molecule has 1 atom stereocenters. The number of aryl methyl sites for hydroxylation is 1. The number of thioether (sulfide) groups is 1. The maximum Gasteiger partial charge on any atom is 0.230 e. The molecule has 1 aliphatic rings. The number of benzene rings is 1. The highest BCUT2D eigenvalue weighted by Crippen LogP contribution is 2.24. The summed E-state index contributed by atoms with van der Waals surface area (Å²) >= 11 is 1.44. The second kappa shape index (κ2) is 8.68. The van der Waals surface area contributed by atoms with Gasteiger partial charge in [0.1, 0.15) is 5.82 Å². The third-order valence-corrected chi connectivity index (χ3v) is 5.54. The van der Waals surface area contributed by atoms with Gasteiger partial charge in [-0.05, 0) is 44.4 Å². The fourth-order valence-electron chi connectivity index (χ4n) is 2.92. The van der Waals surface area contributed by atoms with Gasteiger partial charge in [-0.3, -0.25) is 4.79 Å². The van der Waals surface area contributed by atoms with Gasteiger partial charge >= 0.3 is 0 Å². The minimum Gasteiger partial charge on any atom is -0.376 e. The number of halogens is 1. The van der Waals surface area contributed by atoms with Crippen LogP contribution in [0.3, 0.4) is 0 Å². The average molecular weight is 377 g/mol. The lowest BCUT2D eigenvalue weighted by atomic mass is 10.2. The van der Waals surface area contributed by atoms with E-state index in [-0.39, 0.29) is 17.8 Å². The Labute approximate surface area is 157 Å². The number of ether oxygens (including phenoxy) is 1. The van der Waals surface area contributed by atoms with Gasteiger partial charge in [0.2, 0.25) is 5.91 Å². The number of imidazole rings is 1. The van der Waals surface area contributed by atoms with E-state index in [1.54, 1.807) is 12.1 Å². The van der Waals surface area contributed by atoms with Gasteiger partial charge in [-0.1, -0.05) is 23.9 Å². The zero-order valence-electron chi connectivity index (χ0n) is 15.1. The summed E-state index contributed by atoms with van der Waals surface area (Å²) in [4.78, 5) is 16.7. The van der Waals surface area contributed by atoms with Gasteiger partial charge < -0.3 is 14.6 Å². The van der Waals surface area contributed by atoms with E-state index in [0.717, 1.165) is 48.1 Å².